The molecule has 0 radical (unpaired) electrons. The van der Waals surface area contributed by atoms with Gasteiger partial charge in [0.05, 0.1) is 26.0 Å². The number of hydrogen-bond acceptors (Lipinski definition) is 4. The third kappa shape index (κ3) is 3.32. The van der Waals surface area contributed by atoms with E-state index in [1.54, 1.807) is 31.6 Å². The Hall–Kier alpha value is -2.43. The molecular weight excluding hydrogens is 258 g/mol. The van der Waals surface area contributed by atoms with Gasteiger partial charge in [0.1, 0.15) is 17.3 Å². The Balaban J connectivity index is 2.00. The third-order valence-electron chi connectivity index (χ3n) is 2.89. The first-order valence-corrected chi connectivity index (χ1v) is 6.27. The smallest absolute Gasteiger partial charge is 0.255 e. The van der Waals surface area contributed by atoms with Crippen molar-refractivity contribution in [2.45, 2.75) is 6.42 Å². The fourth-order valence-corrected chi connectivity index (χ4v) is 1.84. The highest BCUT2D eigenvalue weighted by Crippen LogP contribution is 2.23. The van der Waals surface area contributed by atoms with Crippen molar-refractivity contribution < 1.29 is 18.7 Å². The van der Waals surface area contributed by atoms with E-state index in [0.29, 0.717) is 30.0 Å². The van der Waals surface area contributed by atoms with Crippen molar-refractivity contribution >= 4 is 5.91 Å². The minimum atomic E-state index is -0.202. The maximum absolute atomic E-state index is 12.1. The van der Waals surface area contributed by atoms with Crippen LogP contribution >= 0.6 is 0 Å². The van der Waals surface area contributed by atoms with E-state index in [4.69, 9.17) is 13.9 Å². The van der Waals surface area contributed by atoms with Crippen molar-refractivity contribution in [2.24, 2.45) is 0 Å². The molecule has 0 aliphatic rings. The van der Waals surface area contributed by atoms with Gasteiger partial charge in [0.25, 0.3) is 5.91 Å². The summed E-state index contributed by atoms with van der Waals surface area (Å²) < 4.78 is 15.5. The molecule has 5 heteroatoms. The summed E-state index contributed by atoms with van der Waals surface area (Å²) in [6.45, 7) is 0.493. The monoisotopic (exact) mass is 275 g/mol. The lowest BCUT2D eigenvalue weighted by molar-refractivity contribution is 0.0950. The molecule has 0 atom stereocenters. The average Bonchev–Trinajstić information content (AvgIpc) is 2.99. The van der Waals surface area contributed by atoms with Gasteiger partial charge in [0, 0.05) is 13.0 Å². The van der Waals surface area contributed by atoms with E-state index in [1.807, 2.05) is 12.1 Å². The van der Waals surface area contributed by atoms with E-state index in [0.717, 1.165) is 5.76 Å². The van der Waals surface area contributed by atoms with Gasteiger partial charge in [-0.2, -0.15) is 0 Å². The first kappa shape index (κ1) is 14.0. The summed E-state index contributed by atoms with van der Waals surface area (Å²) in [6.07, 6.45) is 2.26. The van der Waals surface area contributed by atoms with Gasteiger partial charge in [-0.05, 0) is 30.3 Å². The minimum Gasteiger partial charge on any atom is -0.497 e. The number of benzene rings is 1. The molecule has 0 aliphatic heterocycles. The quantitative estimate of drug-likeness (QED) is 0.878. The Morgan fingerprint density at radius 2 is 2.10 bits per heavy atom. The number of carbonyl (C=O) groups excluding carboxylic acids is 1. The van der Waals surface area contributed by atoms with Crippen molar-refractivity contribution in [1.82, 2.24) is 5.32 Å². The predicted molar refractivity (Wildman–Crippen MR) is 74.3 cm³/mol. The molecule has 2 aromatic rings. The first-order chi connectivity index (χ1) is 9.74. The van der Waals surface area contributed by atoms with Gasteiger partial charge in [-0.1, -0.05) is 0 Å². The number of furan rings is 1. The molecule has 5 nitrogen and oxygen atoms in total. The number of amides is 1. The zero-order chi connectivity index (χ0) is 14.4. The van der Waals surface area contributed by atoms with Crippen LogP contribution in [0.4, 0.5) is 0 Å². The molecule has 0 spiro atoms. The van der Waals surface area contributed by atoms with E-state index >= 15 is 0 Å². The Morgan fingerprint density at radius 3 is 2.75 bits per heavy atom. The first-order valence-electron chi connectivity index (χ1n) is 6.27. The molecule has 1 heterocycles. The molecule has 0 fully saturated rings. The average molecular weight is 275 g/mol. The predicted octanol–water partition coefficient (Wildman–Crippen LogP) is 2.27. The lowest BCUT2D eigenvalue weighted by Gasteiger charge is -2.10. The van der Waals surface area contributed by atoms with Crippen LogP contribution < -0.4 is 14.8 Å². The Labute approximate surface area is 117 Å². The standard InChI is InChI=1S/C15H17NO4/c1-18-12-5-6-14(19-2)13(10-12)15(17)16-8-7-11-4-3-9-20-11/h3-6,9-10H,7-8H2,1-2H3,(H,16,17). The zero-order valence-electron chi connectivity index (χ0n) is 11.5. The van der Waals surface area contributed by atoms with Gasteiger partial charge in [0.2, 0.25) is 0 Å². The van der Waals surface area contributed by atoms with Crippen LogP contribution in [0.15, 0.2) is 41.0 Å². The fourth-order valence-electron chi connectivity index (χ4n) is 1.84. The van der Waals surface area contributed by atoms with Crippen LogP contribution in [0.2, 0.25) is 0 Å². The van der Waals surface area contributed by atoms with Gasteiger partial charge in [-0.3, -0.25) is 4.79 Å². The number of rotatable bonds is 6. The molecule has 106 valence electrons. The lowest BCUT2D eigenvalue weighted by Crippen LogP contribution is -2.26. The highest BCUT2D eigenvalue weighted by atomic mass is 16.5. The summed E-state index contributed by atoms with van der Waals surface area (Å²) in [5, 5.41) is 2.83. The molecule has 0 saturated carbocycles. The van der Waals surface area contributed by atoms with Crippen LogP contribution in [-0.2, 0) is 6.42 Å². The van der Waals surface area contributed by atoms with Crippen LogP contribution in [0, 0.1) is 0 Å². The van der Waals surface area contributed by atoms with E-state index in [9.17, 15) is 4.79 Å². The molecule has 0 unspecified atom stereocenters. The van der Waals surface area contributed by atoms with E-state index < -0.39 is 0 Å². The molecular formula is C15H17NO4. The van der Waals surface area contributed by atoms with Crippen molar-refractivity contribution in [3.63, 3.8) is 0 Å². The molecule has 1 amide bonds. The Morgan fingerprint density at radius 1 is 1.25 bits per heavy atom. The highest BCUT2D eigenvalue weighted by Gasteiger charge is 2.13. The SMILES string of the molecule is COc1ccc(OC)c(C(=O)NCCc2ccco2)c1. The summed E-state index contributed by atoms with van der Waals surface area (Å²) in [5.41, 5.74) is 0.450. The van der Waals surface area contributed by atoms with E-state index in [1.165, 1.54) is 7.11 Å². The fraction of sp³-hybridized carbons (Fsp3) is 0.267. The summed E-state index contributed by atoms with van der Waals surface area (Å²) in [4.78, 5) is 12.1. The van der Waals surface area contributed by atoms with Gasteiger partial charge < -0.3 is 19.2 Å². The molecule has 0 aliphatic carbocycles. The third-order valence-corrected chi connectivity index (χ3v) is 2.89. The molecule has 0 bridgehead atoms. The van der Waals surface area contributed by atoms with Crippen LogP contribution in [-0.4, -0.2) is 26.7 Å². The number of nitrogens with one attached hydrogen (secondary N) is 1. The second-order valence-electron chi connectivity index (χ2n) is 4.15. The lowest BCUT2D eigenvalue weighted by atomic mass is 10.1. The van der Waals surface area contributed by atoms with Gasteiger partial charge in [0.15, 0.2) is 0 Å². The normalized spacial score (nSPS) is 10.1. The van der Waals surface area contributed by atoms with Crippen molar-refractivity contribution in [3.05, 3.63) is 47.9 Å². The van der Waals surface area contributed by atoms with E-state index in [-0.39, 0.29) is 5.91 Å². The zero-order valence-corrected chi connectivity index (χ0v) is 11.5. The largest absolute Gasteiger partial charge is 0.497 e. The topological polar surface area (TPSA) is 60.7 Å². The summed E-state index contributed by atoms with van der Waals surface area (Å²) in [7, 11) is 3.09. The summed E-state index contributed by atoms with van der Waals surface area (Å²) >= 11 is 0. The number of carbonyl (C=O) groups is 1. The Kier molecular flexibility index (Phi) is 4.65. The van der Waals surface area contributed by atoms with Crippen molar-refractivity contribution in [1.29, 1.82) is 0 Å². The Bertz CT molecular complexity index is 563. The van der Waals surface area contributed by atoms with Crippen molar-refractivity contribution in [3.8, 4) is 11.5 Å². The second kappa shape index (κ2) is 6.65. The van der Waals surface area contributed by atoms with Crippen LogP contribution in [0.5, 0.6) is 11.5 Å². The number of ether oxygens (including phenoxy) is 2. The molecule has 1 aromatic carbocycles. The molecule has 1 N–H and O–H groups in total. The molecule has 2 rings (SSSR count). The highest BCUT2D eigenvalue weighted by molar-refractivity contribution is 5.97. The molecule has 0 saturated heterocycles. The van der Waals surface area contributed by atoms with Crippen molar-refractivity contribution in [2.75, 3.05) is 20.8 Å². The molecule has 1 aromatic heterocycles. The van der Waals surface area contributed by atoms with E-state index in [2.05, 4.69) is 5.32 Å². The summed E-state index contributed by atoms with van der Waals surface area (Å²) in [5.74, 6) is 1.76. The number of methoxy groups -OCH3 is 2. The second-order valence-corrected chi connectivity index (χ2v) is 4.15. The van der Waals surface area contributed by atoms with Crippen LogP contribution in [0.25, 0.3) is 0 Å². The summed E-state index contributed by atoms with van der Waals surface area (Å²) in [6, 6.07) is 8.81. The van der Waals surface area contributed by atoms with Gasteiger partial charge >= 0.3 is 0 Å². The maximum Gasteiger partial charge on any atom is 0.255 e. The molecule has 20 heavy (non-hydrogen) atoms. The number of hydrogen-bond donors (Lipinski definition) is 1. The minimum absolute atomic E-state index is 0.202. The van der Waals surface area contributed by atoms with Crippen LogP contribution in [0.1, 0.15) is 16.1 Å². The van der Waals surface area contributed by atoms with Crippen LogP contribution in [0.3, 0.4) is 0 Å². The maximum atomic E-state index is 12.1. The van der Waals surface area contributed by atoms with Gasteiger partial charge in [-0.25, -0.2) is 0 Å². The van der Waals surface area contributed by atoms with Gasteiger partial charge in [-0.15, -0.1) is 0 Å².